The number of hydrogen-bond acceptors (Lipinski definition) is 5. The number of primary amides is 1. The second-order valence-electron chi connectivity index (χ2n) is 5.95. The lowest BCUT2D eigenvalue weighted by atomic mass is 9.96. The van der Waals surface area contributed by atoms with Crippen LogP contribution in [-0.2, 0) is 11.3 Å². The SMILES string of the molecule is NC(=O)C1CCN(C(=O)c2c[nH]c(=O)n(Cc3ccco3)c2=O)CC1. The number of amides is 2. The van der Waals surface area contributed by atoms with Gasteiger partial charge in [-0.25, -0.2) is 4.79 Å². The van der Waals surface area contributed by atoms with Crippen molar-refractivity contribution in [3.05, 3.63) is 56.8 Å². The summed E-state index contributed by atoms with van der Waals surface area (Å²) in [5.41, 5.74) is 3.86. The normalized spacial score (nSPS) is 15.3. The van der Waals surface area contributed by atoms with Crippen LogP contribution in [0.25, 0.3) is 0 Å². The average Bonchev–Trinajstić information content (AvgIpc) is 3.11. The van der Waals surface area contributed by atoms with E-state index in [0.29, 0.717) is 31.7 Å². The van der Waals surface area contributed by atoms with Gasteiger partial charge >= 0.3 is 5.69 Å². The molecule has 2 aromatic rings. The Balaban J connectivity index is 1.83. The molecular formula is C16H18N4O5. The zero-order chi connectivity index (χ0) is 18.0. The van der Waals surface area contributed by atoms with Crippen molar-refractivity contribution in [3.63, 3.8) is 0 Å². The monoisotopic (exact) mass is 346 g/mol. The fourth-order valence-corrected chi connectivity index (χ4v) is 2.90. The van der Waals surface area contributed by atoms with Crippen molar-refractivity contribution in [2.75, 3.05) is 13.1 Å². The molecule has 1 fully saturated rings. The van der Waals surface area contributed by atoms with Gasteiger partial charge in [-0.2, -0.15) is 0 Å². The van der Waals surface area contributed by atoms with Gasteiger partial charge in [0, 0.05) is 25.2 Å². The van der Waals surface area contributed by atoms with Gasteiger partial charge in [0.05, 0.1) is 12.8 Å². The quantitative estimate of drug-likeness (QED) is 0.771. The van der Waals surface area contributed by atoms with Gasteiger partial charge in [0.15, 0.2) is 0 Å². The van der Waals surface area contributed by atoms with Crippen molar-refractivity contribution in [3.8, 4) is 0 Å². The van der Waals surface area contributed by atoms with Gasteiger partial charge in [-0.15, -0.1) is 0 Å². The van der Waals surface area contributed by atoms with Crippen molar-refractivity contribution in [1.82, 2.24) is 14.5 Å². The number of aromatic nitrogens is 2. The summed E-state index contributed by atoms with van der Waals surface area (Å²) in [6.07, 6.45) is 3.49. The standard InChI is InChI=1S/C16H18N4O5/c17-13(21)10-3-5-19(6-4-10)14(22)12-8-18-16(24)20(15(12)23)9-11-2-1-7-25-11/h1-2,7-8,10H,3-6,9H2,(H2,17,21)(H,18,24). The van der Waals surface area contributed by atoms with Crippen LogP contribution in [0.1, 0.15) is 29.0 Å². The van der Waals surface area contributed by atoms with Crippen LogP contribution in [0.3, 0.4) is 0 Å². The molecule has 2 aromatic heterocycles. The first-order valence-electron chi connectivity index (χ1n) is 7.91. The number of nitrogens with zero attached hydrogens (tertiary/aromatic N) is 2. The molecule has 0 unspecified atom stereocenters. The Kier molecular flexibility index (Phi) is 4.55. The highest BCUT2D eigenvalue weighted by molar-refractivity contribution is 5.93. The molecule has 2 amide bonds. The third-order valence-electron chi connectivity index (χ3n) is 4.37. The summed E-state index contributed by atoms with van der Waals surface area (Å²) in [5.74, 6) is -0.677. The number of carbonyl (C=O) groups excluding carboxylic acids is 2. The van der Waals surface area contributed by atoms with Gasteiger partial charge in [0.25, 0.3) is 11.5 Å². The maximum atomic E-state index is 12.6. The highest BCUT2D eigenvalue weighted by Crippen LogP contribution is 2.17. The number of H-pyrrole nitrogens is 1. The van der Waals surface area contributed by atoms with E-state index in [0.717, 1.165) is 10.8 Å². The van der Waals surface area contributed by atoms with E-state index in [9.17, 15) is 19.2 Å². The molecule has 1 saturated heterocycles. The first kappa shape index (κ1) is 16.7. The Morgan fingerprint density at radius 3 is 2.60 bits per heavy atom. The van der Waals surface area contributed by atoms with E-state index in [-0.39, 0.29) is 23.9 Å². The summed E-state index contributed by atoms with van der Waals surface area (Å²) in [6, 6.07) is 3.28. The summed E-state index contributed by atoms with van der Waals surface area (Å²) in [5, 5.41) is 0. The molecule has 0 radical (unpaired) electrons. The molecule has 1 aliphatic heterocycles. The minimum atomic E-state index is -0.679. The average molecular weight is 346 g/mol. The lowest BCUT2D eigenvalue weighted by Crippen LogP contribution is -2.45. The number of nitrogens with two attached hydrogens (primary N) is 1. The van der Waals surface area contributed by atoms with Gasteiger partial charge in [0.1, 0.15) is 11.3 Å². The molecule has 3 N–H and O–H groups in total. The molecule has 0 bridgehead atoms. The Bertz CT molecular complexity index is 888. The Morgan fingerprint density at radius 1 is 1.28 bits per heavy atom. The molecule has 9 nitrogen and oxygen atoms in total. The topological polar surface area (TPSA) is 131 Å². The Labute approximate surface area is 142 Å². The number of carbonyl (C=O) groups is 2. The largest absolute Gasteiger partial charge is 0.467 e. The van der Waals surface area contributed by atoms with Crippen molar-refractivity contribution >= 4 is 11.8 Å². The van der Waals surface area contributed by atoms with Crippen LogP contribution in [-0.4, -0.2) is 39.4 Å². The van der Waals surface area contributed by atoms with Crippen molar-refractivity contribution in [2.24, 2.45) is 11.7 Å². The minimum absolute atomic E-state index is 0.0635. The third kappa shape index (κ3) is 3.39. The van der Waals surface area contributed by atoms with Crippen LogP contribution in [0, 0.1) is 5.92 Å². The van der Waals surface area contributed by atoms with Crippen LogP contribution < -0.4 is 17.0 Å². The van der Waals surface area contributed by atoms with E-state index in [4.69, 9.17) is 10.2 Å². The minimum Gasteiger partial charge on any atom is -0.467 e. The van der Waals surface area contributed by atoms with E-state index >= 15 is 0 Å². The fraction of sp³-hybridized carbons (Fsp3) is 0.375. The van der Waals surface area contributed by atoms with Crippen LogP contribution in [0.2, 0.25) is 0 Å². The third-order valence-corrected chi connectivity index (χ3v) is 4.37. The molecular weight excluding hydrogens is 328 g/mol. The number of piperidine rings is 1. The van der Waals surface area contributed by atoms with E-state index in [1.165, 1.54) is 11.2 Å². The zero-order valence-corrected chi connectivity index (χ0v) is 13.4. The van der Waals surface area contributed by atoms with Crippen molar-refractivity contribution in [1.29, 1.82) is 0 Å². The summed E-state index contributed by atoms with van der Waals surface area (Å²) < 4.78 is 6.07. The van der Waals surface area contributed by atoms with Crippen LogP contribution in [0.4, 0.5) is 0 Å². The van der Waals surface area contributed by atoms with E-state index in [1.54, 1.807) is 12.1 Å². The van der Waals surface area contributed by atoms with Crippen LogP contribution >= 0.6 is 0 Å². The molecule has 3 heterocycles. The highest BCUT2D eigenvalue weighted by atomic mass is 16.3. The van der Waals surface area contributed by atoms with Crippen molar-refractivity contribution in [2.45, 2.75) is 19.4 Å². The molecule has 0 aliphatic carbocycles. The number of nitrogens with one attached hydrogen (secondary N) is 1. The summed E-state index contributed by atoms with van der Waals surface area (Å²) in [6.45, 7) is 0.610. The first-order chi connectivity index (χ1) is 12.0. The zero-order valence-electron chi connectivity index (χ0n) is 13.4. The Morgan fingerprint density at radius 2 is 2.00 bits per heavy atom. The molecule has 0 saturated carbocycles. The number of likely N-dealkylation sites (tertiary alicyclic amines) is 1. The molecule has 0 aromatic carbocycles. The lowest BCUT2D eigenvalue weighted by molar-refractivity contribution is -0.123. The van der Waals surface area contributed by atoms with Crippen LogP contribution in [0.5, 0.6) is 0 Å². The molecule has 9 heteroatoms. The summed E-state index contributed by atoms with van der Waals surface area (Å²) in [4.78, 5) is 52.2. The lowest BCUT2D eigenvalue weighted by Gasteiger charge is -2.30. The Hall–Kier alpha value is -3.10. The molecule has 132 valence electrons. The van der Waals surface area contributed by atoms with Gasteiger partial charge in [0.2, 0.25) is 5.91 Å². The molecule has 0 spiro atoms. The van der Waals surface area contributed by atoms with Gasteiger partial charge in [-0.05, 0) is 25.0 Å². The molecule has 0 atom stereocenters. The molecule has 25 heavy (non-hydrogen) atoms. The number of furan rings is 1. The summed E-state index contributed by atoms with van der Waals surface area (Å²) >= 11 is 0. The first-order valence-corrected chi connectivity index (χ1v) is 7.91. The van der Waals surface area contributed by atoms with E-state index in [2.05, 4.69) is 4.98 Å². The number of aromatic amines is 1. The summed E-state index contributed by atoms with van der Waals surface area (Å²) in [7, 11) is 0. The van der Waals surface area contributed by atoms with Gasteiger partial charge < -0.3 is 20.0 Å². The molecule has 1 aliphatic rings. The van der Waals surface area contributed by atoms with Gasteiger partial charge in [-0.3, -0.25) is 19.0 Å². The van der Waals surface area contributed by atoms with Crippen molar-refractivity contribution < 1.29 is 14.0 Å². The second kappa shape index (κ2) is 6.80. The maximum Gasteiger partial charge on any atom is 0.328 e. The van der Waals surface area contributed by atoms with Gasteiger partial charge in [-0.1, -0.05) is 0 Å². The maximum absolute atomic E-state index is 12.6. The predicted molar refractivity (Wildman–Crippen MR) is 87.0 cm³/mol. The fourth-order valence-electron chi connectivity index (χ4n) is 2.90. The number of hydrogen-bond donors (Lipinski definition) is 2. The van der Waals surface area contributed by atoms with E-state index < -0.39 is 17.2 Å². The smallest absolute Gasteiger partial charge is 0.328 e. The van der Waals surface area contributed by atoms with Crippen LogP contribution in [0.15, 0.2) is 38.6 Å². The van der Waals surface area contributed by atoms with E-state index in [1.807, 2.05) is 0 Å². The second-order valence-corrected chi connectivity index (χ2v) is 5.95. The molecule has 3 rings (SSSR count). The highest BCUT2D eigenvalue weighted by Gasteiger charge is 2.28. The predicted octanol–water partition coefficient (Wildman–Crippen LogP) is -0.485. The number of rotatable bonds is 4.